The number of hydrogen-bond donors (Lipinski definition) is 5. The molecule has 0 aromatic heterocycles. The van der Waals surface area contributed by atoms with Gasteiger partial charge in [-0.15, -0.1) is 5.53 Å². The Balaban J connectivity index is 1.36. The van der Waals surface area contributed by atoms with E-state index in [0.29, 0.717) is 32.7 Å². The van der Waals surface area contributed by atoms with Crippen molar-refractivity contribution < 1.29 is 18.7 Å². The molecule has 0 radical (unpaired) electrons. The van der Waals surface area contributed by atoms with Crippen molar-refractivity contribution in [3.63, 3.8) is 0 Å². The zero-order chi connectivity index (χ0) is 28.1. The van der Waals surface area contributed by atoms with E-state index in [-0.39, 0.29) is 60.6 Å². The van der Waals surface area contributed by atoms with E-state index in [9.17, 15) is 9.59 Å². The van der Waals surface area contributed by atoms with E-state index in [2.05, 4.69) is 59.2 Å². The molecule has 8 unspecified atom stereocenters. The molecule has 0 spiro atoms. The summed E-state index contributed by atoms with van der Waals surface area (Å²) in [5.74, 6) is -0.0379. The molecule has 12 nitrogen and oxygen atoms in total. The first-order valence-electron chi connectivity index (χ1n) is 14.8. The van der Waals surface area contributed by atoms with Crippen LogP contribution in [0.25, 0.3) is 0 Å². The van der Waals surface area contributed by atoms with Gasteiger partial charge in [-0.1, -0.05) is 20.4 Å². The molecule has 5 fully saturated rings. The smallest absolute Gasteiger partial charge is 0.320 e. The van der Waals surface area contributed by atoms with Crippen LogP contribution in [0.5, 0.6) is 0 Å². The first-order chi connectivity index (χ1) is 19.3. The number of nitrogens with one attached hydrogen (secondary N) is 5. The number of carbonyl (C=O) groups excluding carboxylic acids is 2. The molecule has 2 bridgehead atoms. The lowest BCUT2D eigenvalue weighted by atomic mass is 9.81. The van der Waals surface area contributed by atoms with Crippen molar-refractivity contribution in [3.8, 4) is 0 Å². The van der Waals surface area contributed by atoms with E-state index in [4.69, 9.17) is 4.74 Å². The number of piperazine rings is 1. The standard InChI is InChI=1S/C27H44FN9O3/c1-5-21(38)34-9-10-35(16(4)14-34)24-18-12-19(28)26-31-25(18)36(27(39)32-24)23-20(6-8-29-22(23)15(2)3)40-11-7-17-13-30-33-37(17)26/h5,13,15-16,18-20,22-26,29-31,33H,1,6-12,14H2,2-4H3,(H,32,39)/t16-,18?,19?,20?,22?,23?,24?,25?,26?/m0/s1. The summed E-state index contributed by atoms with van der Waals surface area (Å²) in [5, 5.41) is 12.4. The van der Waals surface area contributed by atoms with Gasteiger partial charge in [-0.3, -0.25) is 20.0 Å². The van der Waals surface area contributed by atoms with Crippen LogP contribution in [-0.4, -0.2) is 113 Å². The molecule has 6 aliphatic heterocycles. The van der Waals surface area contributed by atoms with Gasteiger partial charge < -0.3 is 30.6 Å². The first-order valence-corrected chi connectivity index (χ1v) is 14.8. The minimum absolute atomic E-state index is 0.0113. The number of piperidine rings is 2. The molecule has 0 aromatic carbocycles. The lowest BCUT2D eigenvalue weighted by molar-refractivity contribution is -0.134. The fourth-order valence-corrected chi connectivity index (χ4v) is 7.70. The van der Waals surface area contributed by atoms with Crippen LogP contribution in [0.2, 0.25) is 0 Å². The molecule has 3 amide bonds. The van der Waals surface area contributed by atoms with Gasteiger partial charge in [0, 0.05) is 50.3 Å². The van der Waals surface area contributed by atoms with Crippen LogP contribution in [0.1, 0.15) is 40.0 Å². The maximum absolute atomic E-state index is 16.2. The van der Waals surface area contributed by atoms with Crippen LogP contribution >= 0.6 is 0 Å². The molecule has 9 atom stereocenters. The van der Waals surface area contributed by atoms with E-state index in [1.807, 2.05) is 16.1 Å². The average molecular weight is 562 g/mol. The summed E-state index contributed by atoms with van der Waals surface area (Å²) in [4.78, 5) is 32.5. The number of hydrogen-bond acceptors (Lipinski definition) is 9. The fourth-order valence-electron chi connectivity index (χ4n) is 7.70. The highest BCUT2D eigenvalue weighted by Gasteiger charge is 2.56. The number of hydrazine groups is 2. The second kappa shape index (κ2) is 11.1. The first kappa shape index (κ1) is 27.7. The number of nitrogens with zero attached hydrogens (tertiary/aromatic N) is 4. The molecule has 6 rings (SSSR count). The molecular formula is C27H44FN9O3. The highest BCUT2D eigenvalue weighted by molar-refractivity contribution is 5.87. The Bertz CT molecular complexity index is 1030. The quantitative estimate of drug-likeness (QED) is 0.304. The Kier molecular flexibility index (Phi) is 7.68. The number of ether oxygens (including phenoxy) is 1. The Morgan fingerprint density at radius 3 is 2.83 bits per heavy atom. The molecule has 6 heterocycles. The fraction of sp³-hybridized carbons (Fsp3) is 0.778. The maximum atomic E-state index is 16.2. The van der Waals surface area contributed by atoms with Crippen LogP contribution in [0.3, 0.4) is 0 Å². The Morgan fingerprint density at radius 2 is 2.08 bits per heavy atom. The second-order valence-corrected chi connectivity index (χ2v) is 12.3. The van der Waals surface area contributed by atoms with E-state index in [1.54, 1.807) is 4.90 Å². The lowest BCUT2D eigenvalue weighted by Crippen LogP contribution is -2.80. The van der Waals surface area contributed by atoms with Gasteiger partial charge in [0.05, 0.1) is 36.8 Å². The van der Waals surface area contributed by atoms with Crippen molar-refractivity contribution in [2.45, 2.75) is 88.9 Å². The molecule has 6 aliphatic rings. The summed E-state index contributed by atoms with van der Waals surface area (Å²) in [6.07, 6.45) is 2.16. The van der Waals surface area contributed by atoms with E-state index in [1.165, 1.54) is 6.08 Å². The number of amides is 3. The number of rotatable bonds is 3. The van der Waals surface area contributed by atoms with E-state index < -0.39 is 18.5 Å². The van der Waals surface area contributed by atoms with Gasteiger partial charge >= 0.3 is 6.03 Å². The molecule has 0 saturated carbocycles. The summed E-state index contributed by atoms with van der Waals surface area (Å²) in [5.41, 5.74) is 7.04. The van der Waals surface area contributed by atoms with Crippen LogP contribution in [-0.2, 0) is 9.53 Å². The normalized spacial score (nSPS) is 40.3. The van der Waals surface area contributed by atoms with Crippen LogP contribution in [0, 0.1) is 11.8 Å². The molecule has 5 saturated heterocycles. The number of halogens is 1. The van der Waals surface area contributed by atoms with Gasteiger partial charge in [-0.05, 0) is 38.3 Å². The predicted octanol–water partition coefficient (Wildman–Crippen LogP) is -0.00220. The number of carbonyl (C=O) groups is 2. The minimum Gasteiger partial charge on any atom is -0.376 e. The average Bonchev–Trinajstić information content (AvgIpc) is 3.39. The van der Waals surface area contributed by atoms with E-state index in [0.717, 1.165) is 18.7 Å². The number of fused-ring (bicyclic) bond motifs is 5. The highest BCUT2D eigenvalue weighted by atomic mass is 19.1. The largest absolute Gasteiger partial charge is 0.376 e. The highest BCUT2D eigenvalue weighted by Crippen LogP contribution is 2.39. The number of urea groups is 1. The zero-order valence-electron chi connectivity index (χ0n) is 23.7. The van der Waals surface area contributed by atoms with Gasteiger partial charge in [-0.25, -0.2) is 9.18 Å². The van der Waals surface area contributed by atoms with Gasteiger partial charge in [0.15, 0.2) is 0 Å². The topological polar surface area (TPSA) is 116 Å². The zero-order valence-corrected chi connectivity index (χ0v) is 23.7. The monoisotopic (exact) mass is 561 g/mol. The van der Waals surface area contributed by atoms with Gasteiger partial charge in [0.1, 0.15) is 12.3 Å². The summed E-state index contributed by atoms with van der Waals surface area (Å²) >= 11 is 0. The Morgan fingerprint density at radius 1 is 1.25 bits per heavy atom. The SMILES string of the molecule is C=CC(=O)N1CCN(C2NC(=O)N3C4NC(C(F)CC42)N2NNC=C2CCOC2CCNC(C(C)C)C23)[C@@H](C)C1. The van der Waals surface area contributed by atoms with Crippen LogP contribution < -0.4 is 26.9 Å². The van der Waals surface area contributed by atoms with Crippen molar-refractivity contribution in [2.24, 2.45) is 11.8 Å². The minimum atomic E-state index is -1.18. The molecule has 222 valence electrons. The third-order valence-corrected chi connectivity index (χ3v) is 9.62. The summed E-state index contributed by atoms with van der Waals surface area (Å²) in [7, 11) is 0. The van der Waals surface area contributed by atoms with E-state index >= 15 is 4.39 Å². The molecular weight excluding hydrogens is 517 g/mol. The lowest BCUT2D eigenvalue weighted by Gasteiger charge is -2.59. The molecule has 0 aliphatic carbocycles. The Labute approximate surface area is 235 Å². The second-order valence-electron chi connectivity index (χ2n) is 12.3. The van der Waals surface area contributed by atoms with Crippen LogP contribution in [0.4, 0.5) is 9.18 Å². The van der Waals surface area contributed by atoms with Crippen LogP contribution in [0.15, 0.2) is 24.6 Å². The molecule has 5 N–H and O–H groups in total. The molecule has 13 heteroatoms. The molecule has 0 aromatic rings. The van der Waals surface area contributed by atoms with Gasteiger partial charge in [0.2, 0.25) is 5.91 Å². The number of alkyl halides is 1. The predicted molar refractivity (Wildman–Crippen MR) is 146 cm³/mol. The van der Waals surface area contributed by atoms with Crippen molar-refractivity contribution in [3.05, 3.63) is 24.6 Å². The third kappa shape index (κ3) is 4.75. The molecule has 40 heavy (non-hydrogen) atoms. The van der Waals surface area contributed by atoms with Gasteiger partial charge in [0.25, 0.3) is 0 Å². The Hall–Kier alpha value is -2.45. The van der Waals surface area contributed by atoms with Crippen molar-refractivity contribution >= 4 is 11.9 Å². The van der Waals surface area contributed by atoms with Crippen molar-refractivity contribution in [1.29, 1.82) is 0 Å². The summed E-state index contributed by atoms with van der Waals surface area (Å²) in [6, 6.07) is -0.346. The van der Waals surface area contributed by atoms with Gasteiger partial charge in [-0.2, -0.15) is 0 Å². The summed E-state index contributed by atoms with van der Waals surface area (Å²) in [6.45, 7) is 13.0. The third-order valence-electron chi connectivity index (χ3n) is 9.62. The summed E-state index contributed by atoms with van der Waals surface area (Å²) < 4.78 is 22.7. The van der Waals surface area contributed by atoms with Crippen molar-refractivity contribution in [2.75, 3.05) is 32.8 Å². The maximum Gasteiger partial charge on any atom is 0.320 e. The van der Waals surface area contributed by atoms with Crippen molar-refractivity contribution in [1.82, 2.24) is 46.6 Å².